The van der Waals surface area contributed by atoms with Crippen LogP contribution in [0.2, 0.25) is 0 Å². The van der Waals surface area contributed by atoms with E-state index in [1.807, 2.05) is 24.3 Å². The Balaban J connectivity index is 1.97. The van der Waals surface area contributed by atoms with E-state index in [1.54, 1.807) is 10.9 Å². The van der Waals surface area contributed by atoms with Crippen molar-refractivity contribution < 1.29 is 4.74 Å². The third-order valence-electron chi connectivity index (χ3n) is 3.69. The number of hydrogen-bond acceptors (Lipinski definition) is 4. The van der Waals surface area contributed by atoms with Gasteiger partial charge in [0.15, 0.2) is 5.82 Å². The summed E-state index contributed by atoms with van der Waals surface area (Å²) in [4.78, 5) is 0. The van der Waals surface area contributed by atoms with Gasteiger partial charge < -0.3 is 4.74 Å². The second-order valence-corrected chi connectivity index (χ2v) is 6.12. The van der Waals surface area contributed by atoms with Crippen LogP contribution in [-0.4, -0.2) is 27.7 Å². The van der Waals surface area contributed by atoms with E-state index < -0.39 is 0 Å². The molecule has 0 bridgehead atoms. The molecule has 2 aromatic rings. The summed E-state index contributed by atoms with van der Waals surface area (Å²) in [5, 5.41) is 11.5. The summed E-state index contributed by atoms with van der Waals surface area (Å²) in [6.45, 7) is 5.11. The van der Waals surface area contributed by atoms with Crippen molar-refractivity contribution in [2.75, 3.05) is 6.61 Å². The lowest BCUT2D eigenvalue weighted by atomic mass is 10.2. The SMILES string of the molecule is CCCCCOc1ccc(/C=N\n2c(CCCC)n[nH]c2=S)cc1. The number of ether oxygens (including phenoxy) is 1. The standard InChI is InChI=1S/C18H26N4OS/c1-3-5-7-13-23-16-11-9-15(10-12-16)14-19-22-17(8-6-4-2)20-21-18(22)24/h9-12,14H,3-8,13H2,1-2H3,(H,21,24)/b19-14-. The molecule has 6 heteroatoms. The van der Waals surface area contributed by atoms with Crippen LogP contribution in [0.5, 0.6) is 5.75 Å². The first-order valence-corrected chi connectivity index (χ1v) is 9.09. The number of benzene rings is 1. The number of rotatable bonds is 10. The Morgan fingerprint density at radius 1 is 1.17 bits per heavy atom. The van der Waals surface area contributed by atoms with Gasteiger partial charge in [-0.05, 0) is 54.9 Å². The van der Waals surface area contributed by atoms with Gasteiger partial charge in [-0.25, -0.2) is 0 Å². The Kier molecular flexibility index (Phi) is 7.68. The van der Waals surface area contributed by atoms with Crippen LogP contribution in [0.25, 0.3) is 0 Å². The van der Waals surface area contributed by atoms with Gasteiger partial charge in [-0.1, -0.05) is 33.1 Å². The molecule has 1 N–H and O–H groups in total. The molecule has 1 aromatic heterocycles. The summed E-state index contributed by atoms with van der Waals surface area (Å²) in [6, 6.07) is 7.93. The van der Waals surface area contributed by atoms with Gasteiger partial charge in [-0.15, -0.1) is 0 Å². The molecular weight excluding hydrogens is 320 g/mol. The Hall–Kier alpha value is -1.95. The molecule has 0 spiro atoms. The smallest absolute Gasteiger partial charge is 0.216 e. The molecule has 0 aliphatic heterocycles. The first kappa shape index (κ1) is 18.4. The molecule has 24 heavy (non-hydrogen) atoms. The van der Waals surface area contributed by atoms with Crippen LogP contribution in [0.15, 0.2) is 29.4 Å². The van der Waals surface area contributed by atoms with E-state index in [1.165, 1.54) is 12.8 Å². The molecule has 0 saturated heterocycles. The molecule has 0 aliphatic carbocycles. The molecular formula is C18H26N4OS. The van der Waals surface area contributed by atoms with Crippen molar-refractivity contribution in [3.63, 3.8) is 0 Å². The van der Waals surface area contributed by atoms with E-state index in [2.05, 4.69) is 29.1 Å². The molecule has 0 unspecified atom stereocenters. The molecule has 1 heterocycles. The van der Waals surface area contributed by atoms with Crippen LogP contribution in [0.4, 0.5) is 0 Å². The Morgan fingerprint density at radius 3 is 2.62 bits per heavy atom. The van der Waals surface area contributed by atoms with Crippen molar-refractivity contribution in [2.45, 2.75) is 52.4 Å². The van der Waals surface area contributed by atoms with Crippen LogP contribution in [0.1, 0.15) is 57.3 Å². The fraction of sp³-hybridized carbons (Fsp3) is 0.500. The van der Waals surface area contributed by atoms with E-state index in [9.17, 15) is 0 Å². The maximum absolute atomic E-state index is 5.71. The minimum Gasteiger partial charge on any atom is -0.494 e. The molecule has 0 saturated carbocycles. The fourth-order valence-corrected chi connectivity index (χ4v) is 2.45. The zero-order chi connectivity index (χ0) is 17.2. The van der Waals surface area contributed by atoms with Gasteiger partial charge in [-0.3, -0.25) is 5.10 Å². The minimum atomic E-state index is 0.522. The van der Waals surface area contributed by atoms with Crippen molar-refractivity contribution in [2.24, 2.45) is 5.10 Å². The maximum Gasteiger partial charge on any atom is 0.216 e. The monoisotopic (exact) mass is 346 g/mol. The molecule has 0 radical (unpaired) electrons. The predicted octanol–water partition coefficient (Wildman–Crippen LogP) is 4.73. The molecule has 2 rings (SSSR count). The van der Waals surface area contributed by atoms with Gasteiger partial charge >= 0.3 is 0 Å². The predicted molar refractivity (Wildman–Crippen MR) is 100 cm³/mol. The molecule has 0 fully saturated rings. The van der Waals surface area contributed by atoms with Gasteiger partial charge in [0.2, 0.25) is 4.77 Å². The summed E-state index contributed by atoms with van der Waals surface area (Å²) < 4.78 is 7.93. The summed E-state index contributed by atoms with van der Waals surface area (Å²) in [5.74, 6) is 1.76. The summed E-state index contributed by atoms with van der Waals surface area (Å²) in [6.07, 6.45) is 8.35. The highest BCUT2D eigenvalue weighted by molar-refractivity contribution is 7.71. The van der Waals surface area contributed by atoms with Crippen LogP contribution in [-0.2, 0) is 6.42 Å². The second-order valence-electron chi connectivity index (χ2n) is 5.73. The topological polar surface area (TPSA) is 55.2 Å². The normalized spacial score (nSPS) is 11.2. The largest absolute Gasteiger partial charge is 0.494 e. The van der Waals surface area contributed by atoms with Gasteiger partial charge in [0, 0.05) is 6.42 Å². The minimum absolute atomic E-state index is 0.522. The van der Waals surface area contributed by atoms with Crippen LogP contribution >= 0.6 is 12.2 Å². The highest BCUT2D eigenvalue weighted by Crippen LogP contribution is 2.12. The first-order valence-electron chi connectivity index (χ1n) is 8.68. The van der Waals surface area contributed by atoms with Crippen LogP contribution in [0.3, 0.4) is 0 Å². The van der Waals surface area contributed by atoms with E-state index in [0.29, 0.717) is 4.77 Å². The molecule has 0 atom stereocenters. The van der Waals surface area contributed by atoms with Crippen molar-refractivity contribution in [1.82, 2.24) is 14.9 Å². The first-order chi connectivity index (χ1) is 11.7. The number of nitrogens with one attached hydrogen (secondary N) is 1. The highest BCUT2D eigenvalue weighted by atomic mass is 32.1. The Labute approximate surface area is 148 Å². The average molecular weight is 346 g/mol. The number of aromatic amines is 1. The van der Waals surface area contributed by atoms with Gasteiger partial charge in [-0.2, -0.15) is 14.9 Å². The van der Waals surface area contributed by atoms with E-state index in [-0.39, 0.29) is 0 Å². The van der Waals surface area contributed by atoms with Crippen LogP contribution in [0, 0.1) is 4.77 Å². The summed E-state index contributed by atoms with van der Waals surface area (Å²) in [5.41, 5.74) is 1.00. The third-order valence-corrected chi connectivity index (χ3v) is 3.95. The van der Waals surface area contributed by atoms with Crippen molar-refractivity contribution in [3.8, 4) is 5.75 Å². The van der Waals surface area contributed by atoms with E-state index in [4.69, 9.17) is 17.0 Å². The number of aryl methyl sites for hydroxylation is 1. The fourth-order valence-electron chi connectivity index (χ4n) is 2.26. The van der Waals surface area contributed by atoms with Gasteiger partial charge in [0.05, 0.1) is 12.8 Å². The Morgan fingerprint density at radius 2 is 1.92 bits per heavy atom. The lowest BCUT2D eigenvalue weighted by Gasteiger charge is -2.05. The number of H-pyrrole nitrogens is 1. The number of nitrogens with zero attached hydrogens (tertiary/aromatic N) is 3. The quantitative estimate of drug-likeness (QED) is 0.384. The van der Waals surface area contributed by atoms with Crippen molar-refractivity contribution in [1.29, 1.82) is 0 Å². The summed E-state index contributed by atoms with van der Waals surface area (Å²) >= 11 is 5.24. The zero-order valence-electron chi connectivity index (χ0n) is 14.5. The maximum atomic E-state index is 5.71. The zero-order valence-corrected chi connectivity index (χ0v) is 15.3. The highest BCUT2D eigenvalue weighted by Gasteiger charge is 2.03. The molecule has 5 nitrogen and oxygen atoms in total. The molecule has 1 aromatic carbocycles. The molecule has 0 aliphatic rings. The molecule has 130 valence electrons. The number of unbranched alkanes of at least 4 members (excludes halogenated alkanes) is 3. The lowest BCUT2D eigenvalue weighted by molar-refractivity contribution is 0.306. The number of aromatic nitrogens is 3. The van der Waals surface area contributed by atoms with Crippen molar-refractivity contribution in [3.05, 3.63) is 40.4 Å². The van der Waals surface area contributed by atoms with Gasteiger partial charge in [0.1, 0.15) is 5.75 Å². The third kappa shape index (κ3) is 5.60. The second kappa shape index (κ2) is 10.0. The van der Waals surface area contributed by atoms with Crippen molar-refractivity contribution >= 4 is 18.4 Å². The Bertz CT molecular complexity index is 688. The van der Waals surface area contributed by atoms with E-state index in [0.717, 1.165) is 49.4 Å². The van der Waals surface area contributed by atoms with Gasteiger partial charge in [0.25, 0.3) is 0 Å². The summed E-state index contributed by atoms with van der Waals surface area (Å²) in [7, 11) is 0. The average Bonchev–Trinajstić information content (AvgIpc) is 2.96. The number of hydrogen-bond donors (Lipinski definition) is 1. The van der Waals surface area contributed by atoms with Crippen LogP contribution < -0.4 is 4.74 Å². The molecule has 0 amide bonds. The lowest BCUT2D eigenvalue weighted by Crippen LogP contribution is -1.99. The van der Waals surface area contributed by atoms with E-state index >= 15 is 0 Å².